The van der Waals surface area contributed by atoms with Crippen molar-refractivity contribution in [2.75, 3.05) is 13.2 Å². The summed E-state index contributed by atoms with van der Waals surface area (Å²) in [5.74, 6) is 1.50. The van der Waals surface area contributed by atoms with E-state index in [1.54, 1.807) is 0 Å². The number of aliphatic hydroxyl groups excluding tert-OH is 1. The van der Waals surface area contributed by atoms with E-state index in [0.717, 1.165) is 18.0 Å². The fourth-order valence-corrected chi connectivity index (χ4v) is 2.88. The van der Waals surface area contributed by atoms with Gasteiger partial charge in [-0.2, -0.15) is 0 Å². The fraction of sp³-hybridized carbons (Fsp3) is 1.00. The number of nitrogens with zero attached hydrogens (tertiary/aromatic N) is 1. The van der Waals surface area contributed by atoms with Gasteiger partial charge in [0.25, 0.3) is 0 Å². The molecule has 1 N–H and O–H groups in total. The third kappa shape index (κ3) is 1.62. The second kappa shape index (κ2) is 3.58. The van der Waals surface area contributed by atoms with Gasteiger partial charge in [0.05, 0.1) is 0 Å². The van der Waals surface area contributed by atoms with Crippen LogP contribution in [-0.4, -0.2) is 35.2 Å². The van der Waals surface area contributed by atoms with E-state index in [2.05, 4.69) is 18.7 Å². The lowest BCUT2D eigenvalue weighted by Gasteiger charge is -2.24. The molecule has 2 rings (SSSR count). The van der Waals surface area contributed by atoms with Crippen molar-refractivity contribution in [2.45, 2.75) is 45.2 Å². The van der Waals surface area contributed by atoms with E-state index in [9.17, 15) is 0 Å². The predicted octanol–water partition coefficient (Wildman–Crippen LogP) is 1.49. The van der Waals surface area contributed by atoms with Crippen LogP contribution in [0.1, 0.15) is 33.1 Å². The zero-order chi connectivity index (χ0) is 9.42. The zero-order valence-corrected chi connectivity index (χ0v) is 8.74. The highest BCUT2D eigenvalue weighted by Gasteiger charge is 2.46. The van der Waals surface area contributed by atoms with Crippen LogP contribution < -0.4 is 0 Å². The summed E-state index contributed by atoms with van der Waals surface area (Å²) in [4.78, 5) is 2.62. The molecule has 2 fully saturated rings. The van der Waals surface area contributed by atoms with Crippen molar-refractivity contribution in [3.8, 4) is 0 Å². The molecule has 1 aliphatic heterocycles. The van der Waals surface area contributed by atoms with Crippen molar-refractivity contribution in [1.29, 1.82) is 0 Å². The Bertz CT molecular complexity index is 183. The fourth-order valence-electron chi connectivity index (χ4n) is 2.88. The van der Waals surface area contributed by atoms with E-state index < -0.39 is 0 Å². The van der Waals surface area contributed by atoms with Gasteiger partial charge in [-0.15, -0.1) is 0 Å². The number of hydrogen-bond acceptors (Lipinski definition) is 2. The van der Waals surface area contributed by atoms with Gasteiger partial charge < -0.3 is 5.11 Å². The van der Waals surface area contributed by atoms with E-state index in [1.165, 1.54) is 25.8 Å². The van der Waals surface area contributed by atoms with E-state index in [1.807, 2.05) is 0 Å². The number of rotatable bonds is 3. The van der Waals surface area contributed by atoms with Crippen LogP contribution in [0.15, 0.2) is 0 Å². The third-order valence-corrected chi connectivity index (χ3v) is 4.03. The maximum Gasteiger partial charge on any atom is 0.0474 e. The molecule has 1 saturated carbocycles. The average Bonchev–Trinajstić information content (AvgIpc) is 2.83. The minimum absolute atomic E-state index is 0.394. The second-order valence-corrected chi connectivity index (χ2v) is 4.68. The lowest BCUT2D eigenvalue weighted by Crippen LogP contribution is -2.33. The Labute approximate surface area is 80.9 Å². The molecule has 4 atom stereocenters. The summed E-state index contributed by atoms with van der Waals surface area (Å²) in [6.07, 6.45) is 3.91. The molecule has 0 spiro atoms. The Morgan fingerprint density at radius 3 is 2.62 bits per heavy atom. The molecule has 0 aromatic carbocycles. The van der Waals surface area contributed by atoms with E-state index in [0.29, 0.717) is 12.5 Å². The lowest BCUT2D eigenvalue weighted by atomic mass is 9.99. The van der Waals surface area contributed by atoms with Crippen LogP contribution in [0, 0.1) is 11.8 Å². The Balaban J connectivity index is 1.89. The number of likely N-dealkylation sites (tertiary alicyclic amines) is 1. The van der Waals surface area contributed by atoms with E-state index in [4.69, 9.17) is 5.11 Å². The molecule has 0 aromatic heterocycles. The summed E-state index contributed by atoms with van der Waals surface area (Å²) in [5.41, 5.74) is 0. The van der Waals surface area contributed by atoms with Gasteiger partial charge in [0.1, 0.15) is 0 Å². The molecule has 1 aliphatic carbocycles. The molecule has 0 amide bonds. The smallest absolute Gasteiger partial charge is 0.0474 e. The average molecular weight is 183 g/mol. The summed E-state index contributed by atoms with van der Waals surface area (Å²) < 4.78 is 0. The topological polar surface area (TPSA) is 23.5 Å². The maximum atomic E-state index is 9.02. The SMILES string of the molecule is CCC1CCN(C2CC2CO)C1C. The highest BCUT2D eigenvalue weighted by Crippen LogP contribution is 2.41. The minimum atomic E-state index is 0.394. The zero-order valence-electron chi connectivity index (χ0n) is 8.74. The van der Waals surface area contributed by atoms with Gasteiger partial charge >= 0.3 is 0 Å². The Hall–Kier alpha value is -0.0800. The molecule has 76 valence electrons. The van der Waals surface area contributed by atoms with Gasteiger partial charge in [0.15, 0.2) is 0 Å². The Morgan fingerprint density at radius 2 is 2.15 bits per heavy atom. The van der Waals surface area contributed by atoms with Gasteiger partial charge in [-0.1, -0.05) is 13.3 Å². The van der Waals surface area contributed by atoms with Gasteiger partial charge in [-0.25, -0.2) is 0 Å². The van der Waals surface area contributed by atoms with Gasteiger partial charge in [-0.3, -0.25) is 4.90 Å². The molecule has 0 radical (unpaired) electrons. The Morgan fingerprint density at radius 1 is 1.38 bits per heavy atom. The van der Waals surface area contributed by atoms with Crippen molar-refractivity contribution in [3.63, 3.8) is 0 Å². The summed E-state index contributed by atoms with van der Waals surface area (Å²) >= 11 is 0. The normalized spacial score (nSPS) is 45.5. The maximum absolute atomic E-state index is 9.02. The summed E-state index contributed by atoms with van der Waals surface area (Å²) in [7, 11) is 0. The minimum Gasteiger partial charge on any atom is -0.396 e. The molecule has 2 nitrogen and oxygen atoms in total. The van der Waals surface area contributed by atoms with Crippen LogP contribution in [0.3, 0.4) is 0 Å². The van der Waals surface area contributed by atoms with Gasteiger partial charge in [-0.05, 0) is 38.1 Å². The standard InChI is InChI=1S/C11H21NO/c1-3-9-4-5-12(8(9)2)11-6-10(11)7-13/h8-11,13H,3-7H2,1-2H3. The molecule has 0 aromatic rings. The highest BCUT2D eigenvalue weighted by molar-refractivity contribution is 4.99. The van der Waals surface area contributed by atoms with Crippen molar-refractivity contribution in [1.82, 2.24) is 4.90 Å². The summed E-state index contributed by atoms with van der Waals surface area (Å²) in [6, 6.07) is 1.48. The molecule has 2 aliphatic rings. The second-order valence-electron chi connectivity index (χ2n) is 4.68. The van der Waals surface area contributed by atoms with Crippen molar-refractivity contribution in [2.24, 2.45) is 11.8 Å². The highest BCUT2D eigenvalue weighted by atomic mass is 16.3. The molecule has 0 bridgehead atoms. The quantitative estimate of drug-likeness (QED) is 0.716. The first-order valence-corrected chi connectivity index (χ1v) is 5.64. The largest absolute Gasteiger partial charge is 0.396 e. The van der Waals surface area contributed by atoms with Crippen LogP contribution in [0.25, 0.3) is 0 Å². The van der Waals surface area contributed by atoms with Crippen LogP contribution >= 0.6 is 0 Å². The molecule has 2 heteroatoms. The first kappa shape index (κ1) is 9.47. The van der Waals surface area contributed by atoms with E-state index in [-0.39, 0.29) is 0 Å². The molecule has 13 heavy (non-hydrogen) atoms. The van der Waals surface area contributed by atoms with E-state index >= 15 is 0 Å². The van der Waals surface area contributed by atoms with Crippen molar-refractivity contribution >= 4 is 0 Å². The lowest BCUT2D eigenvalue weighted by molar-refractivity contribution is 0.196. The first-order valence-electron chi connectivity index (χ1n) is 5.64. The summed E-state index contributed by atoms with van der Waals surface area (Å²) in [5, 5.41) is 9.02. The Kier molecular flexibility index (Phi) is 2.61. The first-order chi connectivity index (χ1) is 6.27. The molecule has 1 saturated heterocycles. The van der Waals surface area contributed by atoms with Crippen molar-refractivity contribution in [3.05, 3.63) is 0 Å². The van der Waals surface area contributed by atoms with Crippen LogP contribution in [0.4, 0.5) is 0 Å². The molecular weight excluding hydrogens is 162 g/mol. The van der Waals surface area contributed by atoms with Crippen molar-refractivity contribution < 1.29 is 5.11 Å². The van der Waals surface area contributed by atoms with Gasteiger partial charge in [0.2, 0.25) is 0 Å². The van der Waals surface area contributed by atoms with Gasteiger partial charge in [0, 0.05) is 18.7 Å². The summed E-state index contributed by atoms with van der Waals surface area (Å²) in [6.45, 7) is 6.31. The number of aliphatic hydroxyl groups is 1. The van der Waals surface area contributed by atoms with Crippen LogP contribution in [0.5, 0.6) is 0 Å². The molecule has 4 unspecified atom stereocenters. The monoisotopic (exact) mass is 183 g/mol. The predicted molar refractivity (Wildman–Crippen MR) is 53.5 cm³/mol. The molecular formula is C11H21NO. The number of hydrogen-bond donors (Lipinski definition) is 1. The third-order valence-electron chi connectivity index (χ3n) is 4.03. The van der Waals surface area contributed by atoms with Crippen LogP contribution in [0.2, 0.25) is 0 Å². The van der Waals surface area contributed by atoms with Crippen LogP contribution in [-0.2, 0) is 0 Å². The molecule has 1 heterocycles.